The van der Waals surface area contributed by atoms with Gasteiger partial charge in [0.1, 0.15) is 17.3 Å². The number of benzene rings is 1. The molecule has 1 aromatic rings. The van der Waals surface area contributed by atoms with E-state index in [2.05, 4.69) is 10.6 Å². The van der Waals surface area contributed by atoms with Crippen LogP contribution in [0.2, 0.25) is 0 Å². The van der Waals surface area contributed by atoms with E-state index in [1.54, 1.807) is 6.92 Å². The maximum absolute atomic E-state index is 13.8. The van der Waals surface area contributed by atoms with Crippen LogP contribution in [0.25, 0.3) is 0 Å². The van der Waals surface area contributed by atoms with Gasteiger partial charge in [0.05, 0.1) is 0 Å². The Hall–Kier alpha value is -1.50. The van der Waals surface area contributed by atoms with Gasteiger partial charge in [-0.15, -0.1) is 0 Å². The Morgan fingerprint density at radius 3 is 2.33 bits per heavy atom. The highest BCUT2D eigenvalue weighted by atomic mass is 32.2. The smallest absolute Gasteiger partial charge is 0.251 e. The molecule has 0 aliphatic rings. The molecular weight excluding hydrogens is 298 g/mol. The number of nitrogens with one attached hydrogen (secondary N) is 2. The van der Waals surface area contributed by atoms with Gasteiger partial charge in [0.15, 0.2) is 0 Å². The standard InChI is InChI=1S/C14H20F2N2O2S/c1-3-5-17-13-11(15)8-10(9-12(13)16)14(19)18-6-7-21(20)4-2/h8-9,17H,3-7H2,1-2H3,(H,18,19). The number of anilines is 1. The number of carbonyl (C=O) groups excluding carboxylic acids is 1. The third-order valence-electron chi connectivity index (χ3n) is 2.79. The fourth-order valence-corrected chi connectivity index (χ4v) is 2.27. The van der Waals surface area contributed by atoms with Crippen LogP contribution in [0.5, 0.6) is 0 Å². The minimum Gasteiger partial charge on any atom is -0.380 e. The summed E-state index contributed by atoms with van der Waals surface area (Å²) in [5, 5.41) is 5.14. The van der Waals surface area contributed by atoms with E-state index >= 15 is 0 Å². The second-order valence-electron chi connectivity index (χ2n) is 4.43. The Bertz CT molecular complexity index is 501. The summed E-state index contributed by atoms with van der Waals surface area (Å²) in [6, 6.07) is 1.99. The van der Waals surface area contributed by atoms with E-state index in [9.17, 15) is 17.8 Å². The van der Waals surface area contributed by atoms with Crippen LogP contribution >= 0.6 is 0 Å². The molecule has 0 spiro atoms. The van der Waals surface area contributed by atoms with Crippen LogP contribution in [0.15, 0.2) is 12.1 Å². The number of amides is 1. The average Bonchev–Trinajstić information content (AvgIpc) is 2.45. The zero-order chi connectivity index (χ0) is 15.8. The molecule has 7 heteroatoms. The molecule has 118 valence electrons. The van der Waals surface area contributed by atoms with E-state index in [4.69, 9.17) is 0 Å². The molecule has 2 N–H and O–H groups in total. The largest absolute Gasteiger partial charge is 0.380 e. The minimum absolute atomic E-state index is 0.0886. The van der Waals surface area contributed by atoms with Gasteiger partial charge in [-0.3, -0.25) is 9.00 Å². The molecule has 0 saturated heterocycles. The molecule has 0 aromatic heterocycles. The van der Waals surface area contributed by atoms with Crippen molar-refractivity contribution in [1.29, 1.82) is 0 Å². The maximum atomic E-state index is 13.8. The predicted molar refractivity (Wildman–Crippen MR) is 81.0 cm³/mol. The van der Waals surface area contributed by atoms with E-state index in [-0.39, 0.29) is 17.8 Å². The molecule has 0 radical (unpaired) electrons. The molecule has 1 rings (SSSR count). The first-order valence-corrected chi connectivity index (χ1v) is 8.34. The van der Waals surface area contributed by atoms with Crippen LogP contribution in [0.1, 0.15) is 30.6 Å². The predicted octanol–water partition coefficient (Wildman–Crippen LogP) is 2.29. The van der Waals surface area contributed by atoms with Crippen LogP contribution in [-0.4, -0.2) is 34.7 Å². The van der Waals surface area contributed by atoms with Crippen molar-refractivity contribution in [2.24, 2.45) is 0 Å². The second-order valence-corrected chi connectivity index (χ2v) is 6.30. The third-order valence-corrected chi connectivity index (χ3v) is 4.10. The summed E-state index contributed by atoms with van der Waals surface area (Å²) in [6.45, 7) is 4.32. The van der Waals surface area contributed by atoms with Gasteiger partial charge in [-0.25, -0.2) is 8.78 Å². The van der Waals surface area contributed by atoms with Crippen LogP contribution in [0, 0.1) is 11.6 Å². The minimum atomic E-state index is -0.989. The quantitative estimate of drug-likeness (QED) is 0.773. The van der Waals surface area contributed by atoms with E-state index in [1.807, 2.05) is 6.92 Å². The van der Waals surface area contributed by atoms with Crippen molar-refractivity contribution in [1.82, 2.24) is 5.32 Å². The van der Waals surface area contributed by atoms with Crippen molar-refractivity contribution < 1.29 is 17.8 Å². The lowest BCUT2D eigenvalue weighted by molar-refractivity contribution is 0.0955. The van der Waals surface area contributed by atoms with Crippen LogP contribution < -0.4 is 10.6 Å². The summed E-state index contributed by atoms with van der Waals surface area (Å²) in [5.41, 5.74) is -0.310. The van der Waals surface area contributed by atoms with Crippen molar-refractivity contribution >= 4 is 22.4 Å². The van der Waals surface area contributed by atoms with E-state index in [0.29, 0.717) is 18.1 Å². The van der Waals surface area contributed by atoms with Gasteiger partial charge in [0.2, 0.25) is 0 Å². The first-order valence-electron chi connectivity index (χ1n) is 6.85. The molecule has 0 saturated carbocycles. The summed E-state index contributed by atoms with van der Waals surface area (Å²) in [4.78, 5) is 11.8. The van der Waals surface area contributed by atoms with Crippen molar-refractivity contribution in [3.63, 3.8) is 0 Å². The molecule has 1 unspecified atom stereocenters. The zero-order valence-corrected chi connectivity index (χ0v) is 13.0. The number of rotatable bonds is 8. The molecule has 0 heterocycles. The highest BCUT2D eigenvalue weighted by Crippen LogP contribution is 2.20. The van der Waals surface area contributed by atoms with Gasteiger partial charge in [-0.2, -0.15) is 0 Å². The monoisotopic (exact) mass is 318 g/mol. The fourth-order valence-electron chi connectivity index (χ4n) is 1.65. The van der Waals surface area contributed by atoms with Crippen LogP contribution in [0.4, 0.5) is 14.5 Å². The van der Waals surface area contributed by atoms with Gasteiger partial charge in [0.25, 0.3) is 5.91 Å². The summed E-state index contributed by atoms with van der Waals surface area (Å²) in [7, 11) is -0.989. The Balaban J connectivity index is 2.71. The highest BCUT2D eigenvalue weighted by Gasteiger charge is 2.14. The van der Waals surface area contributed by atoms with Crippen molar-refractivity contribution in [2.45, 2.75) is 20.3 Å². The zero-order valence-electron chi connectivity index (χ0n) is 12.2. The average molecular weight is 318 g/mol. The van der Waals surface area contributed by atoms with Gasteiger partial charge in [-0.1, -0.05) is 13.8 Å². The lowest BCUT2D eigenvalue weighted by Gasteiger charge is -2.10. The van der Waals surface area contributed by atoms with Crippen molar-refractivity contribution in [2.75, 3.05) is 29.9 Å². The lowest BCUT2D eigenvalue weighted by atomic mass is 10.1. The molecule has 4 nitrogen and oxygen atoms in total. The molecule has 0 aliphatic heterocycles. The Morgan fingerprint density at radius 1 is 1.19 bits per heavy atom. The first kappa shape index (κ1) is 17.6. The summed E-state index contributed by atoms with van der Waals surface area (Å²) in [5.74, 6) is -1.35. The normalized spacial score (nSPS) is 12.0. The second kappa shape index (κ2) is 8.71. The Labute approximate surface area is 125 Å². The molecule has 0 fully saturated rings. The van der Waals surface area contributed by atoms with Gasteiger partial charge < -0.3 is 10.6 Å². The van der Waals surface area contributed by atoms with Gasteiger partial charge in [0, 0.05) is 41.0 Å². The van der Waals surface area contributed by atoms with Gasteiger partial charge in [-0.05, 0) is 18.6 Å². The summed E-state index contributed by atoms with van der Waals surface area (Å²) >= 11 is 0. The van der Waals surface area contributed by atoms with E-state index < -0.39 is 28.3 Å². The molecule has 1 aromatic carbocycles. The third kappa shape index (κ3) is 5.41. The van der Waals surface area contributed by atoms with Crippen molar-refractivity contribution in [3.8, 4) is 0 Å². The molecule has 0 bridgehead atoms. The van der Waals surface area contributed by atoms with Crippen molar-refractivity contribution in [3.05, 3.63) is 29.3 Å². The highest BCUT2D eigenvalue weighted by molar-refractivity contribution is 7.84. The maximum Gasteiger partial charge on any atom is 0.251 e. The number of halogens is 2. The lowest BCUT2D eigenvalue weighted by Crippen LogP contribution is -2.28. The number of carbonyl (C=O) groups is 1. The number of hydrogen-bond acceptors (Lipinski definition) is 3. The molecule has 1 atom stereocenters. The SMILES string of the molecule is CCCNc1c(F)cc(C(=O)NCCS(=O)CC)cc1F. The topological polar surface area (TPSA) is 58.2 Å². The first-order chi connectivity index (χ1) is 9.99. The Morgan fingerprint density at radius 2 is 1.81 bits per heavy atom. The summed E-state index contributed by atoms with van der Waals surface area (Å²) < 4.78 is 38.8. The van der Waals surface area contributed by atoms with Crippen LogP contribution in [0.3, 0.4) is 0 Å². The van der Waals surface area contributed by atoms with Gasteiger partial charge >= 0.3 is 0 Å². The van der Waals surface area contributed by atoms with Crippen LogP contribution in [-0.2, 0) is 10.8 Å². The number of hydrogen-bond donors (Lipinski definition) is 2. The summed E-state index contributed by atoms with van der Waals surface area (Å²) in [6.07, 6.45) is 0.732. The van der Waals surface area contributed by atoms with E-state index in [1.165, 1.54) is 0 Å². The molecule has 1 amide bonds. The molecule has 0 aliphatic carbocycles. The van der Waals surface area contributed by atoms with E-state index in [0.717, 1.165) is 18.6 Å². The molecular formula is C14H20F2N2O2S. The molecule has 21 heavy (non-hydrogen) atoms. The Kier molecular flexibility index (Phi) is 7.28. The fraction of sp³-hybridized carbons (Fsp3) is 0.500.